The van der Waals surface area contributed by atoms with Crippen LogP contribution in [0.3, 0.4) is 0 Å². The molecule has 1 unspecified atom stereocenters. The van der Waals surface area contributed by atoms with Crippen LogP contribution in [0.2, 0.25) is 0 Å². The van der Waals surface area contributed by atoms with E-state index in [9.17, 15) is 0 Å². The van der Waals surface area contributed by atoms with Crippen LogP contribution in [-0.4, -0.2) is 4.98 Å². The van der Waals surface area contributed by atoms with Gasteiger partial charge in [0.25, 0.3) is 0 Å². The van der Waals surface area contributed by atoms with Crippen molar-refractivity contribution in [1.82, 2.24) is 10.4 Å². The Morgan fingerprint density at radius 3 is 2.79 bits per heavy atom. The van der Waals surface area contributed by atoms with Gasteiger partial charge in [-0.05, 0) is 39.7 Å². The number of aromatic nitrogens is 1. The summed E-state index contributed by atoms with van der Waals surface area (Å²) in [6.07, 6.45) is 3.50. The van der Waals surface area contributed by atoms with Crippen molar-refractivity contribution < 1.29 is 4.42 Å². The van der Waals surface area contributed by atoms with Gasteiger partial charge in [0.05, 0.1) is 0 Å². The number of fused-ring (bicyclic) bond motifs is 1. The average Bonchev–Trinajstić information content (AvgIpc) is 2.83. The molecule has 0 aliphatic heterocycles. The molecule has 0 fully saturated rings. The first-order chi connectivity index (χ1) is 9.28. The summed E-state index contributed by atoms with van der Waals surface area (Å²) in [5.74, 6) is 6.42. The van der Waals surface area contributed by atoms with Gasteiger partial charge in [0.1, 0.15) is 17.4 Å². The van der Waals surface area contributed by atoms with E-state index >= 15 is 0 Å². The van der Waals surface area contributed by atoms with Crippen LogP contribution in [-0.2, 0) is 0 Å². The van der Waals surface area contributed by atoms with E-state index in [0.29, 0.717) is 0 Å². The SMILES string of the molecule is NNC(c1cncc(Br)c1)c1cc2ccccc2o1. The van der Waals surface area contributed by atoms with E-state index in [-0.39, 0.29) is 6.04 Å². The van der Waals surface area contributed by atoms with Crippen molar-refractivity contribution >= 4 is 26.9 Å². The van der Waals surface area contributed by atoms with Crippen LogP contribution in [0.25, 0.3) is 11.0 Å². The molecule has 96 valence electrons. The molecule has 0 aliphatic carbocycles. The second-order valence-corrected chi connectivity index (χ2v) is 5.14. The summed E-state index contributed by atoms with van der Waals surface area (Å²) in [6, 6.07) is 11.6. The maximum absolute atomic E-state index is 5.83. The fourth-order valence-electron chi connectivity index (χ4n) is 2.07. The number of rotatable bonds is 3. The van der Waals surface area contributed by atoms with E-state index in [0.717, 1.165) is 26.8 Å². The summed E-state index contributed by atoms with van der Waals surface area (Å²) in [6.45, 7) is 0. The van der Waals surface area contributed by atoms with Gasteiger partial charge < -0.3 is 4.42 Å². The van der Waals surface area contributed by atoms with E-state index in [2.05, 4.69) is 26.3 Å². The van der Waals surface area contributed by atoms with E-state index in [1.807, 2.05) is 36.4 Å². The molecule has 0 spiro atoms. The van der Waals surface area contributed by atoms with Gasteiger partial charge in [-0.25, -0.2) is 5.43 Å². The molecule has 1 atom stereocenters. The van der Waals surface area contributed by atoms with Gasteiger partial charge >= 0.3 is 0 Å². The molecule has 0 saturated carbocycles. The molecule has 3 N–H and O–H groups in total. The topological polar surface area (TPSA) is 64.1 Å². The summed E-state index contributed by atoms with van der Waals surface area (Å²) in [5, 5.41) is 1.06. The Kier molecular flexibility index (Phi) is 3.33. The van der Waals surface area contributed by atoms with Crippen molar-refractivity contribution in [1.29, 1.82) is 0 Å². The number of halogens is 1. The van der Waals surface area contributed by atoms with Crippen molar-refractivity contribution in [3.8, 4) is 0 Å². The quantitative estimate of drug-likeness (QED) is 0.575. The highest BCUT2D eigenvalue weighted by molar-refractivity contribution is 9.10. The number of nitrogens with zero attached hydrogens (tertiary/aromatic N) is 1. The number of furan rings is 1. The van der Waals surface area contributed by atoms with E-state index in [1.165, 1.54) is 0 Å². The Bertz CT molecular complexity index is 677. The number of para-hydroxylation sites is 1. The van der Waals surface area contributed by atoms with Crippen molar-refractivity contribution in [2.24, 2.45) is 5.84 Å². The number of nitrogens with two attached hydrogens (primary N) is 1. The second-order valence-electron chi connectivity index (χ2n) is 4.22. The molecule has 0 saturated heterocycles. The summed E-state index contributed by atoms with van der Waals surface area (Å²) >= 11 is 3.41. The first kappa shape index (κ1) is 12.3. The van der Waals surface area contributed by atoms with Crippen LogP contribution >= 0.6 is 15.9 Å². The zero-order valence-corrected chi connectivity index (χ0v) is 11.6. The summed E-state index contributed by atoms with van der Waals surface area (Å²) in [7, 11) is 0. The third-order valence-corrected chi connectivity index (χ3v) is 3.39. The molecular weight excluding hydrogens is 306 g/mol. The largest absolute Gasteiger partial charge is 0.459 e. The van der Waals surface area contributed by atoms with Crippen LogP contribution in [0.5, 0.6) is 0 Å². The first-order valence-electron chi connectivity index (χ1n) is 5.83. The highest BCUT2D eigenvalue weighted by Gasteiger charge is 2.17. The molecule has 2 aromatic heterocycles. The molecule has 3 rings (SSSR count). The monoisotopic (exact) mass is 317 g/mol. The van der Waals surface area contributed by atoms with Gasteiger partial charge in [0.15, 0.2) is 0 Å². The summed E-state index contributed by atoms with van der Waals surface area (Å²) < 4.78 is 6.73. The predicted octanol–water partition coefficient (Wildman–Crippen LogP) is 3.14. The lowest BCUT2D eigenvalue weighted by atomic mass is 10.1. The van der Waals surface area contributed by atoms with Crippen LogP contribution < -0.4 is 11.3 Å². The molecule has 0 bridgehead atoms. The van der Waals surface area contributed by atoms with Crippen LogP contribution in [0, 0.1) is 0 Å². The van der Waals surface area contributed by atoms with E-state index in [1.54, 1.807) is 12.4 Å². The Hall–Kier alpha value is -1.69. The molecule has 0 aliphatic rings. The fraction of sp³-hybridized carbons (Fsp3) is 0.0714. The molecule has 19 heavy (non-hydrogen) atoms. The lowest BCUT2D eigenvalue weighted by molar-refractivity contribution is 0.476. The minimum Gasteiger partial charge on any atom is -0.459 e. The average molecular weight is 318 g/mol. The molecule has 0 amide bonds. The highest BCUT2D eigenvalue weighted by atomic mass is 79.9. The Morgan fingerprint density at radius 1 is 1.21 bits per heavy atom. The van der Waals surface area contributed by atoms with E-state index in [4.69, 9.17) is 10.3 Å². The third kappa shape index (κ3) is 2.40. The summed E-state index contributed by atoms with van der Waals surface area (Å²) in [4.78, 5) is 4.15. The Labute approximate surface area is 118 Å². The number of hydrogen-bond acceptors (Lipinski definition) is 4. The molecule has 3 aromatic rings. The van der Waals surface area contributed by atoms with Gasteiger partial charge in [-0.15, -0.1) is 0 Å². The zero-order chi connectivity index (χ0) is 13.2. The molecule has 5 heteroatoms. The maximum atomic E-state index is 5.83. The minimum atomic E-state index is -0.225. The molecule has 1 aromatic carbocycles. The Morgan fingerprint density at radius 2 is 2.05 bits per heavy atom. The number of hydrogen-bond donors (Lipinski definition) is 2. The van der Waals surface area contributed by atoms with Crippen molar-refractivity contribution in [2.45, 2.75) is 6.04 Å². The predicted molar refractivity (Wildman–Crippen MR) is 77.3 cm³/mol. The first-order valence-corrected chi connectivity index (χ1v) is 6.62. The fourth-order valence-corrected chi connectivity index (χ4v) is 2.46. The van der Waals surface area contributed by atoms with Crippen LogP contribution in [0.15, 0.2) is 57.7 Å². The standard InChI is InChI=1S/C14H12BrN3O/c15-11-5-10(7-17-8-11)14(18-16)13-6-9-3-1-2-4-12(9)19-13/h1-8,14,18H,16H2. The van der Waals surface area contributed by atoms with Crippen molar-refractivity contribution in [3.05, 3.63) is 64.6 Å². The highest BCUT2D eigenvalue weighted by Crippen LogP contribution is 2.28. The van der Waals surface area contributed by atoms with Crippen molar-refractivity contribution in [2.75, 3.05) is 0 Å². The zero-order valence-electron chi connectivity index (χ0n) is 10.0. The van der Waals surface area contributed by atoms with Gasteiger partial charge in [0, 0.05) is 22.3 Å². The number of hydrazine groups is 1. The molecule has 4 nitrogen and oxygen atoms in total. The third-order valence-electron chi connectivity index (χ3n) is 2.96. The van der Waals surface area contributed by atoms with Gasteiger partial charge in [-0.1, -0.05) is 18.2 Å². The smallest absolute Gasteiger partial charge is 0.134 e. The van der Waals surface area contributed by atoms with E-state index < -0.39 is 0 Å². The van der Waals surface area contributed by atoms with Gasteiger partial charge in [-0.2, -0.15) is 0 Å². The van der Waals surface area contributed by atoms with Gasteiger partial charge in [-0.3, -0.25) is 10.8 Å². The number of pyridine rings is 1. The molecule has 2 heterocycles. The molecular formula is C14H12BrN3O. The maximum Gasteiger partial charge on any atom is 0.134 e. The lowest BCUT2D eigenvalue weighted by Gasteiger charge is -2.13. The summed E-state index contributed by atoms with van der Waals surface area (Å²) in [5.41, 5.74) is 4.56. The second kappa shape index (κ2) is 5.13. The van der Waals surface area contributed by atoms with Crippen molar-refractivity contribution in [3.63, 3.8) is 0 Å². The number of benzene rings is 1. The van der Waals surface area contributed by atoms with Crippen LogP contribution in [0.1, 0.15) is 17.4 Å². The van der Waals surface area contributed by atoms with Gasteiger partial charge in [0.2, 0.25) is 0 Å². The Balaban J connectivity index is 2.06. The lowest BCUT2D eigenvalue weighted by Crippen LogP contribution is -2.28. The normalized spacial score (nSPS) is 12.7. The number of nitrogens with one attached hydrogen (secondary N) is 1. The van der Waals surface area contributed by atoms with Crippen LogP contribution in [0.4, 0.5) is 0 Å². The minimum absolute atomic E-state index is 0.225. The molecule has 0 radical (unpaired) electrons.